The van der Waals surface area contributed by atoms with Gasteiger partial charge in [0.1, 0.15) is 5.60 Å². The predicted octanol–water partition coefficient (Wildman–Crippen LogP) is 2.81. The highest BCUT2D eigenvalue weighted by molar-refractivity contribution is 5.93. The number of hydrogen-bond donors (Lipinski definition) is 2. The summed E-state index contributed by atoms with van der Waals surface area (Å²) in [6.45, 7) is 1.57. The van der Waals surface area contributed by atoms with Crippen LogP contribution in [0.4, 0.5) is 0 Å². The van der Waals surface area contributed by atoms with Crippen LogP contribution in [0.3, 0.4) is 0 Å². The number of para-hydroxylation sites is 1. The fourth-order valence-electron chi connectivity index (χ4n) is 5.56. The minimum atomic E-state index is -0.670. The second-order valence-corrected chi connectivity index (χ2v) is 8.97. The first-order valence-corrected chi connectivity index (χ1v) is 11.2. The molecule has 1 spiro atoms. The number of nitrogens with zero attached hydrogens (tertiary/aromatic N) is 1. The summed E-state index contributed by atoms with van der Waals surface area (Å²) >= 11 is 0. The van der Waals surface area contributed by atoms with Crippen LogP contribution in [0.5, 0.6) is 0 Å². The van der Waals surface area contributed by atoms with E-state index in [9.17, 15) is 9.59 Å². The number of fused-ring (bicyclic) bond motifs is 2. The molecule has 0 radical (unpaired) electrons. The SMILES string of the molecule is O=C(NCc1ccccc1)[C@H]1[C@H]2C(=O)N(CCc3c[nH]c4ccccc34)C[C@@]23C=C[C@H]1O3. The summed E-state index contributed by atoms with van der Waals surface area (Å²) in [7, 11) is 0. The summed E-state index contributed by atoms with van der Waals surface area (Å²) in [5, 5.41) is 4.20. The number of nitrogens with one attached hydrogen (secondary N) is 2. The van der Waals surface area contributed by atoms with Gasteiger partial charge in [0.05, 0.1) is 24.5 Å². The normalized spacial score (nSPS) is 27.9. The molecule has 6 rings (SSSR count). The highest BCUT2D eigenvalue weighted by atomic mass is 16.5. The van der Waals surface area contributed by atoms with Gasteiger partial charge >= 0.3 is 0 Å². The van der Waals surface area contributed by atoms with Crippen molar-refractivity contribution >= 4 is 22.7 Å². The standard InChI is InChI=1S/C26H25N3O3/c30-24(28-14-17-6-2-1-3-7-17)22-21-10-12-26(32-21)16-29(25(31)23(22)26)13-11-18-15-27-20-9-5-4-8-19(18)20/h1-10,12,15,21-23,27H,11,13-14,16H2,(H,28,30)/t21-,22-,23+,26+/m1/s1. The van der Waals surface area contributed by atoms with Crippen LogP contribution in [0.2, 0.25) is 0 Å². The molecule has 4 atom stereocenters. The number of aromatic amines is 1. The third-order valence-corrected chi connectivity index (χ3v) is 7.12. The van der Waals surface area contributed by atoms with E-state index in [4.69, 9.17) is 4.74 Å². The van der Waals surface area contributed by atoms with Gasteiger partial charge in [0.25, 0.3) is 0 Å². The highest BCUT2D eigenvalue weighted by Gasteiger charge is 2.66. The zero-order chi connectivity index (χ0) is 21.7. The second kappa shape index (κ2) is 7.35. The van der Waals surface area contributed by atoms with E-state index in [-0.39, 0.29) is 17.9 Å². The minimum absolute atomic E-state index is 0.0246. The van der Waals surface area contributed by atoms with Gasteiger partial charge in [0, 0.05) is 30.2 Å². The first-order chi connectivity index (χ1) is 15.6. The van der Waals surface area contributed by atoms with Crippen molar-refractivity contribution in [1.29, 1.82) is 0 Å². The molecule has 3 aliphatic heterocycles. The number of benzene rings is 2. The maximum atomic E-state index is 13.4. The van der Waals surface area contributed by atoms with Crippen LogP contribution in [0.1, 0.15) is 11.1 Å². The molecule has 2 amide bonds. The monoisotopic (exact) mass is 427 g/mol. The van der Waals surface area contributed by atoms with E-state index in [1.807, 2.05) is 65.7 Å². The first kappa shape index (κ1) is 19.3. The summed E-state index contributed by atoms with van der Waals surface area (Å²) in [4.78, 5) is 31.7. The van der Waals surface area contributed by atoms with Gasteiger partial charge in [0.15, 0.2) is 0 Å². The number of rotatable bonds is 6. The smallest absolute Gasteiger partial charge is 0.230 e. The lowest BCUT2D eigenvalue weighted by molar-refractivity contribution is -0.137. The molecule has 2 fully saturated rings. The van der Waals surface area contributed by atoms with Crippen molar-refractivity contribution < 1.29 is 14.3 Å². The summed E-state index contributed by atoms with van der Waals surface area (Å²) < 4.78 is 6.24. The maximum Gasteiger partial charge on any atom is 0.230 e. The summed E-state index contributed by atoms with van der Waals surface area (Å²) in [6.07, 6.45) is 6.42. The number of carbonyl (C=O) groups excluding carboxylic acids is 2. The number of amides is 2. The number of carbonyl (C=O) groups is 2. The van der Waals surface area contributed by atoms with Crippen LogP contribution in [0.15, 0.2) is 72.9 Å². The largest absolute Gasteiger partial charge is 0.361 e. The Labute approximate surface area is 186 Å². The quantitative estimate of drug-likeness (QED) is 0.594. The van der Waals surface area contributed by atoms with Gasteiger partial charge in [0.2, 0.25) is 11.8 Å². The third kappa shape index (κ3) is 2.98. The van der Waals surface area contributed by atoms with Crippen molar-refractivity contribution in [3.8, 4) is 0 Å². The summed E-state index contributed by atoms with van der Waals surface area (Å²) in [5.74, 6) is -1.01. The van der Waals surface area contributed by atoms with E-state index in [2.05, 4.69) is 22.4 Å². The summed E-state index contributed by atoms with van der Waals surface area (Å²) in [6, 6.07) is 18.0. The molecule has 0 saturated carbocycles. The van der Waals surface area contributed by atoms with Crippen LogP contribution >= 0.6 is 0 Å². The molecule has 2 bridgehead atoms. The molecular formula is C26H25N3O3. The first-order valence-electron chi connectivity index (χ1n) is 11.2. The van der Waals surface area contributed by atoms with Crippen molar-refractivity contribution in [1.82, 2.24) is 15.2 Å². The van der Waals surface area contributed by atoms with Gasteiger partial charge in [-0.05, 0) is 23.6 Å². The van der Waals surface area contributed by atoms with Crippen LogP contribution < -0.4 is 5.32 Å². The third-order valence-electron chi connectivity index (χ3n) is 7.12. The molecule has 0 aliphatic carbocycles. The summed E-state index contributed by atoms with van der Waals surface area (Å²) in [5.41, 5.74) is 2.66. The molecule has 2 aromatic carbocycles. The zero-order valence-corrected chi connectivity index (χ0v) is 17.7. The number of hydrogen-bond acceptors (Lipinski definition) is 3. The molecule has 0 unspecified atom stereocenters. The van der Waals surface area contributed by atoms with Crippen LogP contribution in [-0.4, -0.2) is 46.5 Å². The van der Waals surface area contributed by atoms with E-state index in [1.54, 1.807) is 0 Å². The average molecular weight is 428 g/mol. The molecule has 2 N–H and O–H groups in total. The topological polar surface area (TPSA) is 74.4 Å². The van der Waals surface area contributed by atoms with Gasteiger partial charge in [-0.1, -0.05) is 60.7 Å². The number of ether oxygens (including phenoxy) is 1. The molecule has 3 aliphatic rings. The highest BCUT2D eigenvalue weighted by Crippen LogP contribution is 2.51. The number of aromatic nitrogens is 1. The van der Waals surface area contributed by atoms with E-state index < -0.39 is 17.4 Å². The molecule has 3 aromatic rings. The van der Waals surface area contributed by atoms with Crippen molar-refractivity contribution in [2.75, 3.05) is 13.1 Å². The Morgan fingerprint density at radius 3 is 2.84 bits per heavy atom. The maximum absolute atomic E-state index is 13.4. The van der Waals surface area contributed by atoms with Gasteiger partial charge in [-0.3, -0.25) is 9.59 Å². The molecule has 162 valence electrons. The molecule has 32 heavy (non-hydrogen) atoms. The van der Waals surface area contributed by atoms with Crippen LogP contribution in [0, 0.1) is 11.8 Å². The van der Waals surface area contributed by atoms with Crippen molar-refractivity contribution in [2.24, 2.45) is 11.8 Å². The van der Waals surface area contributed by atoms with E-state index in [1.165, 1.54) is 10.9 Å². The van der Waals surface area contributed by atoms with Crippen molar-refractivity contribution in [3.05, 3.63) is 84.1 Å². The average Bonchev–Trinajstić information content (AvgIpc) is 3.56. The Kier molecular flexibility index (Phi) is 4.43. The minimum Gasteiger partial charge on any atom is -0.361 e. The Balaban J connectivity index is 1.17. The lowest BCUT2D eigenvalue weighted by atomic mass is 9.77. The molecule has 4 heterocycles. The van der Waals surface area contributed by atoms with Crippen LogP contribution in [-0.2, 0) is 27.3 Å². The van der Waals surface area contributed by atoms with Crippen LogP contribution in [0.25, 0.3) is 10.9 Å². The van der Waals surface area contributed by atoms with Crippen molar-refractivity contribution in [2.45, 2.75) is 24.7 Å². The molecule has 1 aromatic heterocycles. The molecular weight excluding hydrogens is 402 g/mol. The fourth-order valence-corrected chi connectivity index (χ4v) is 5.56. The van der Waals surface area contributed by atoms with Gasteiger partial charge < -0.3 is 19.9 Å². The van der Waals surface area contributed by atoms with E-state index in [0.717, 1.165) is 17.5 Å². The fraction of sp³-hybridized carbons (Fsp3) is 0.308. The molecule has 6 nitrogen and oxygen atoms in total. The lowest BCUT2D eigenvalue weighted by Gasteiger charge is -2.23. The Bertz CT molecular complexity index is 1220. The van der Waals surface area contributed by atoms with Gasteiger partial charge in [-0.2, -0.15) is 0 Å². The molecule has 2 saturated heterocycles. The zero-order valence-electron chi connectivity index (χ0n) is 17.7. The number of H-pyrrole nitrogens is 1. The van der Waals surface area contributed by atoms with E-state index >= 15 is 0 Å². The van der Waals surface area contributed by atoms with Gasteiger partial charge in [-0.25, -0.2) is 0 Å². The van der Waals surface area contributed by atoms with Gasteiger partial charge in [-0.15, -0.1) is 0 Å². The Hall–Kier alpha value is -3.38. The lowest BCUT2D eigenvalue weighted by Crippen LogP contribution is -2.44. The predicted molar refractivity (Wildman–Crippen MR) is 121 cm³/mol. The molecule has 6 heteroatoms. The van der Waals surface area contributed by atoms with Crippen molar-refractivity contribution in [3.63, 3.8) is 0 Å². The number of likely N-dealkylation sites (tertiary alicyclic amines) is 1. The Morgan fingerprint density at radius 2 is 1.97 bits per heavy atom. The second-order valence-electron chi connectivity index (χ2n) is 8.97. The Morgan fingerprint density at radius 1 is 1.16 bits per heavy atom. The van der Waals surface area contributed by atoms with E-state index in [0.29, 0.717) is 19.6 Å².